The number of rotatable bonds is 0. The summed E-state index contributed by atoms with van der Waals surface area (Å²) in [6, 6.07) is 7.12. The number of ether oxygens (including phenoxy) is 1. The molecule has 3 rings (SSSR count). The highest BCUT2D eigenvalue weighted by molar-refractivity contribution is 9.13. The van der Waals surface area contributed by atoms with Gasteiger partial charge in [0.15, 0.2) is 0 Å². The molecule has 1 aliphatic rings. The minimum Gasteiger partial charge on any atom is -0.386 e. The van der Waals surface area contributed by atoms with Crippen molar-refractivity contribution in [1.82, 2.24) is 0 Å². The van der Waals surface area contributed by atoms with E-state index < -0.39 is 11.9 Å². The van der Waals surface area contributed by atoms with Gasteiger partial charge in [-0.2, -0.15) is 0 Å². The highest BCUT2D eigenvalue weighted by atomic mass is 79.9. The number of esters is 2. The molecule has 0 radical (unpaired) electrons. The minimum atomic E-state index is -0.578. The number of carbonyl (C=O) groups is 2. The fraction of sp³-hybridized carbons (Fsp3) is 0. The highest BCUT2D eigenvalue weighted by Crippen LogP contribution is 2.32. The van der Waals surface area contributed by atoms with Crippen molar-refractivity contribution in [1.29, 1.82) is 0 Å². The van der Waals surface area contributed by atoms with E-state index in [2.05, 4.69) is 36.6 Å². The van der Waals surface area contributed by atoms with Crippen LogP contribution in [0.15, 0.2) is 33.2 Å². The van der Waals surface area contributed by atoms with E-state index in [0.29, 0.717) is 11.1 Å². The normalized spacial score (nSPS) is 14.0. The summed E-state index contributed by atoms with van der Waals surface area (Å²) in [7, 11) is 0. The summed E-state index contributed by atoms with van der Waals surface area (Å²) >= 11 is 6.79. The standard InChI is InChI=1S/C12H4Br2O3/c13-9-3-5-1-7-8(12(16)17-11(7)15)2-6(5)4-10(9)14/h1-4H. The lowest BCUT2D eigenvalue weighted by Crippen LogP contribution is -1.96. The predicted octanol–water partition coefficient (Wildman–Crippen LogP) is 3.68. The number of halogens is 2. The van der Waals surface area contributed by atoms with E-state index in [0.717, 1.165) is 19.7 Å². The van der Waals surface area contributed by atoms with Gasteiger partial charge in [-0.25, -0.2) is 9.59 Å². The maximum absolute atomic E-state index is 11.4. The van der Waals surface area contributed by atoms with Crippen LogP contribution in [0.3, 0.4) is 0 Å². The van der Waals surface area contributed by atoms with E-state index in [9.17, 15) is 9.59 Å². The lowest BCUT2D eigenvalue weighted by atomic mass is 10.0. The maximum Gasteiger partial charge on any atom is 0.346 e. The molecule has 2 aromatic carbocycles. The summed E-state index contributed by atoms with van der Waals surface area (Å²) in [5.74, 6) is -1.16. The van der Waals surface area contributed by atoms with E-state index in [1.54, 1.807) is 12.1 Å². The number of benzene rings is 2. The van der Waals surface area contributed by atoms with Gasteiger partial charge in [-0.15, -0.1) is 0 Å². The van der Waals surface area contributed by atoms with Gasteiger partial charge >= 0.3 is 11.9 Å². The second-order valence-corrected chi connectivity index (χ2v) is 5.40. The predicted molar refractivity (Wildman–Crippen MR) is 69.1 cm³/mol. The Morgan fingerprint density at radius 3 is 1.59 bits per heavy atom. The van der Waals surface area contributed by atoms with Gasteiger partial charge in [0, 0.05) is 8.95 Å². The Labute approximate surface area is 113 Å². The second-order valence-electron chi connectivity index (χ2n) is 3.69. The largest absolute Gasteiger partial charge is 0.386 e. The molecule has 84 valence electrons. The van der Waals surface area contributed by atoms with Crippen LogP contribution in [0.1, 0.15) is 20.7 Å². The molecule has 1 heterocycles. The third-order valence-corrected chi connectivity index (χ3v) is 4.49. The van der Waals surface area contributed by atoms with Crippen molar-refractivity contribution in [3.8, 4) is 0 Å². The summed E-state index contributed by atoms with van der Waals surface area (Å²) in [6.07, 6.45) is 0. The van der Waals surface area contributed by atoms with E-state index >= 15 is 0 Å². The molecule has 0 spiro atoms. The molecule has 5 heteroatoms. The third-order valence-electron chi connectivity index (χ3n) is 2.64. The zero-order valence-electron chi connectivity index (χ0n) is 8.29. The van der Waals surface area contributed by atoms with Crippen LogP contribution < -0.4 is 0 Å². The summed E-state index contributed by atoms with van der Waals surface area (Å²) in [5.41, 5.74) is 0.661. The Bertz CT molecular complexity index is 633. The highest BCUT2D eigenvalue weighted by Gasteiger charge is 2.29. The molecule has 2 aromatic rings. The van der Waals surface area contributed by atoms with Crippen LogP contribution in [0, 0.1) is 0 Å². The molecule has 0 N–H and O–H groups in total. The lowest BCUT2D eigenvalue weighted by molar-refractivity contribution is 0.0444. The van der Waals surface area contributed by atoms with Crippen LogP contribution in [0.4, 0.5) is 0 Å². The summed E-state index contributed by atoms with van der Waals surface area (Å²) < 4.78 is 6.34. The van der Waals surface area contributed by atoms with Crippen LogP contribution in [0.2, 0.25) is 0 Å². The van der Waals surface area contributed by atoms with Crippen molar-refractivity contribution in [2.45, 2.75) is 0 Å². The number of hydrogen-bond donors (Lipinski definition) is 0. The number of carbonyl (C=O) groups excluding carboxylic acids is 2. The molecule has 0 saturated heterocycles. The van der Waals surface area contributed by atoms with Crippen molar-refractivity contribution in [3.63, 3.8) is 0 Å². The summed E-state index contributed by atoms with van der Waals surface area (Å²) in [5, 5.41) is 1.76. The van der Waals surface area contributed by atoms with Crippen molar-refractivity contribution in [3.05, 3.63) is 44.3 Å². The van der Waals surface area contributed by atoms with Crippen molar-refractivity contribution in [2.75, 3.05) is 0 Å². The molecular weight excluding hydrogens is 352 g/mol. The summed E-state index contributed by atoms with van der Waals surface area (Å²) in [6.45, 7) is 0. The van der Waals surface area contributed by atoms with Gasteiger partial charge in [-0.3, -0.25) is 0 Å². The smallest absolute Gasteiger partial charge is 0.346 e. The molecule has 0 bridgehead atoms. The molecular formula is C12H4Br2O3. The zero-order chi connectivity index (χ0) is 12.2. The van der Waals surface area contributed by atoms with Crippen LogP contribution in [0.25, 0.3) is 10.8 Å². The van der Waals surface area contributed by atoms with Crippen LogP contribution in [-0.2, 0) is 4.74 Å². The summed E-state index contributed by atoms with van der Waals surface area (Å²) in [4.78, 5) is 22.8. The quantitative estimate of drug-likeness (QED) is 0.535. The van der Waals surface area contributed by atoms with E-state index in [-0.39, 0.29) is 0 Å². The van der Waals surface area contributed by atoms with Gasteiger partial charge in [-0.05, 0) is 66.9 Å². The zero-order valence-corrected chi connectivity index (χ0v) is 11.5. The maximum atomic E-state index is 11.4. The first-order chi connectivity index (χ1) is 8.06. The number of hydrogen-bond acceptors (Lipinski definition) is 3. The fourth-order valence-corrected chi connectivity index (χ4v) is 2.55. The van der Waals surface area contributed by atoms with Crippen molar-refractivity contribution < 1.29 is 14.3 Å². The molecule has 0 fully saturated rings. The lowest BCUT2D eigenvalue weighted by Gasteiger charge is -2.02. The first-order valence-corrected chi connectivity index (χ1v) is 6.34. The van der Waals surface area contributed by atoms with E-state index in [1.807, 2.05) is 12.1 Å². The Morgan fingerprint density at radius 1 is 0.765 bits per heavy atom. The van der Waals surface area contributed by atoms with Gasteiger partial charge < -0.3 is 4.74 Å². The SMILES string of the molecule is O=C1OC(=O)c2cc3cc(Br)c(Br)cc3cc21. The van der Waals surface area contributed by atoms with Gasteiger partial charge in [0.2, 0.25) is 0 Å². The second kappa shape index (κ2) is 3.65. The minimum absolute atomic E-state index is 0.330. The average molecular weight is 356 g/mol. The van der Waals surface area contributed by atoms with E-state index in [4.69, 9.17) is 0 Å². The van der Waals surface area contributed by atoms with Crippen molar-refractivity contribution in [2.24, 2.45) is 0 Å². The van der Waals surface area contributed by atoms with Crippen LogP contribution in [-0.4, -0.2) is 11.9 Å². The molecule has 17 heavy (non-hydrogen) atoms. The topological polar surface area (TPSA) is 43.4 Å². The van der Waals surface area contributed by atoms with E-state index in [1.165, 1.54) is 0 Å². The Balaban J connectivity index is 2.39. The molecule has 0 saturated carbocycles. The average Bonchev–Trinajstić information content (AvgIpc) is 2.54. The van der Waals surface area contributed by atoms with Crippen molar-refractivity contribution >= 4 is 54.6 Å². The molecule has 0 aromatic heterocycles. The van der Waals surface area contributed by atoms with Gasteiger partial charge in [-0.1, -0.05) is 0 Å². The van der Waals surface area contributed by atoms with Crippen LogP contribution in [0.5, 0.6) is 0 Å². The molecule has 3 nitrogen and oxygen atoms in total. The third kappa shape index (κ3) is 1.61. The molecule has 1 aliphatic heterocycles. The van der Waals surface area contributed by atoms with Gasteiger partial charge in [0.05, 0.1) is 11.1 Å². The number of fused-ring (bicyclic) bond motifs is 2. The van der Waals surface area contributed by atoms with Gasteiger partial charge in [0.25, 0.3) is 0 Å². The monoisotopic (exact) mass is 354 g/mol. The Morgan fingerprint density at radius 2 is 1.18 bits per heavy atom. The first kappa shape index (κ1) is 10.9. The fourth-order valence-electron chi connectivity index (χ4n) is 1.83. The molecule has 0 amide bonds. The van der Waals surface area contributed by atoms with Gasteiger partial charge in [0.1, 0.15) is 0 Å². The Hall–Kier alpha value is -1.20. The number of cyclic esters (lactones) is 2. The van der Waals surface area contributed by atoms with Crippen LogP contribution >= 0.6 is 31.9 Å². The molecule has 0 aliphatic carbocycles. The molecule has 0 atom stereocenters. The first-order valence-electron chi connectivity index (χ1n) is 4.75. The molecule has 0 unspecified atom stereocenters. The Kier molecular flexibility index (Phi) is 2.34.